The number of nitrogens with zero attached hydrogens (tertiary/aromatic N) is 3. The van der Waals surface area contributed by atoms with Crippen LogP contribution in [0, 0.1) is 5.92 Å². The minimum absolute atomic E-state index is 0.388. The van der Waals surface area contributed by atoms with Crippen molar-refractivity contribution in [2.75, 3.05) is 0 Å². The third-order valence-electron chi connectivity index (χ3n) is 4.15. The summed E-state index contributed by atoms with van der Waals surface area (Å²) in [4.78, 5) is 0.388. The Labute approximate surface area is 107 Å². The normalized spacial score (nSPS) is 22.2. The van der Waals surface area contributed by atoms with Gasteiger partial charge in [-0.15, -0.1) is 5.10 Å². The maximum Gasteiger partial charge on any atom is 0.143 e. The van der Waals surface area contributed by atoms with E-state index >= 15 is 0 Å². The summed E-state index contributed by atoms with van der Waals surface area (Å²) in [6.07, 6.45) is 6.42. The van der Waals surface area contributed by atoms with Crippen molar-refractivity contribution in [1.29, 1.82) is 0 Å². The highest BCUT2D eigenvalue weighted by molar-refractivity contribution is 7.80. The summed E-state index contributed by atoms with van der Waals surface area (Å²) in [6, 6.07) is 0.440. The molecule has 0 aliphatic heterocycles. The fourth-order valence-electron chi connectivity index (χ4n) is 2.64. The van der Waals surface area contributed by atoms with Gasteiger partial charge in [0.25, 0.3) is 0 Å². The second-order valence-corrected chi connectivity index (χ2v) is 5.78. The summed E-state index contributed by atoms with van der Waals surface area (Å²) < 4.78 is 2.09. The molecule has 3 rings (SSSR count). The van der Waals surface area contributed by atoms with Crippen LogP contribution in [0.15, 0.2) is 0 Å². The fraction of sp³-hybridized carbons (Fsp3) is 0.750. The first-order valence-electron chi connectivity index (χ1n) is 6.43. The molecule has 2 N–H and O–H groups in total. The molecule has 92 valence electrons. The Morgan fingerprint density at radius 2 is 2.12 bits per heavy atom. The van der Waals surface area contributed by atoms with Crippen LogP contribution in [0.5, 0.6) is 0 Å². The quantitative estimate of drug-likeness (QED) is 0.832. The van der Waals surface area contributed by atoms with Crippen LogP contribution in [0.25, 0.3) is 0 Å². The van der Waals surface area contributed by atoms with Crippen LogP contribution in [0.1, 0.15) is 62.4 Å². The molecule has 2 aliphatic carbocycles. The van der Waals surface area contributed by atoms with E-state index < -0.39 is 0 Å². The molecule has 17 heavy (non-hydrogen) atoms. The summed E-state index contributed by atoms with van der Waals surface area (Å²) in [6.45, 7) is 2.24. The zero-order valence-electron chi connectivity index (χ0n) is 10.1. The average molecular weight is 250 g/mol. The average Bonchev–Trinajstić information content (AvgIpc) is 2.93. The zero-order chi connectivity index (χ0) is 12.0. The van der Waals surface area contributed by atoms with Crippen molar-refractivity contribution in [3.05, 3.63) is 11.4 Å². The first-order valence-corrected chi connectivity index (χ1v) is 6.84. The van der Waals surface area contributed by atoms with Gasteiger partial charge in [0.2, 0.25) is 0 Å². The summed E-state index contributed by atoms with van der Waals surface area (Å²) in [5, 5.41) is 8.49. The van der Waals surface area contributed by atoms with Gasteiger partial charge in [0, 0.05) is 5.92 Å². The maximum absolute atomic E-state index is 5.73. The molecule has 0 radical (unpaired) electrons. The molecular weight excluding hydrogens is 232 g/mol. The smallest absolute Gasteiger partial charge is 0.143 e. The van der Waals surface area contributed by atoms with Crippen LogP contribution in [-0.2, 0) is 0 Å². The molecule has 1 aromatic rings. The molecule has 2 fully saturated rings. The molecule has 1 atom stereocenters. The van der Waals surface area contributed by atoms with Gasteiger partial charge in [-0.2, -0.15) is 0 Å². The lowest BCUT2D eigenvalue weighted by atomic mass is 9.80. The summed E-state index contributed by atoms with van der Waals surface area (Å²) >= 11 is 5.07. The molecule has 1 unspecified atom stereocenters. The summed E-state index contributed by atoms with van der Waals surface area (Å²) in [7, 11) is 0. The van der Waals surface area contributed by atoms with Gasteiger partial charge in [0.1, 0.15) is 10.7 Å². The van der Waals surface area contributed by atoms with Gasteiger partial charge < -0.3 is 5.73 Å². The SMILES string of the molecule is CC(C1CCC1)n1nnc(C(N)=S)c1C1CC1. The first kappa shape index (κ1) is 11.1. The molecule has 0 bridgehead atoms. The minimum Gasteiger partial charge on any atom is -0.388 e. The van der Waals surface area contributed by atoms with Crippen molar-refractivity contribution in [1.82, 2.24) is 15.0 Å². The topological polar surface area (TPSA) is 56.7 Å². The molecule has 2 aliphatic rings. The van der Waals surface area contributed by atoms with Gasteiger partial charge in [0.15, 0.2) is 0 Å². The van der Waals surface area contributed by atoms with Crippen LogP contribution in [-0.4, -0.2) is 20.0 Å². The first-order chi connectivity index (χ1) is 8.18. The minimum atomic E-state index is 0.388. The zero-order valence-corrected chi connectivity index (χ0v) is 10.9. The molecule has 5 heteroatoms. The lowest BCUT2D eigenvalue weighted by molar-refractivity contribution is 0.205. The predicted molar refractivity (Wildman–Crippen MR) is 69.9 cm³/mol. The molecule has 1 aromatic heterocycles. The Hall–Kier alpha value is -0.970. The molecule has 0 saturated heterocycles. The van der Waals surface area contributed by atoms with Crippen LogP contribution in [0.2, 0.25) is 0 Å². The molecule has 0 spiro atoms. The molecule has 4 nitrogen and oxygen atoms in total. The van der Waals surface area contributed by atoms with E-state index in [0.717, 1.165) is 11.6 Å². The fourth-order valence-corrected chi connectivity index (χ4v) is 2.78. The van der Waals surface area contributed by atoms with E-state index in [9.17, 15) is 0 Å². The Kier molecular flexibility index (Phi) is 2.65. The third kappa shape index (κ3) is 1.86. The number of hydrogen-bond donors (Lipinski definition) is 1. The Morgan fingerprint density at radius 1 is 1.41 bits per heavy atom. The highest BCUT2D eigenvalue weighted by Gasteiger charge is 2.35. The van der Waals surface area contributed by atoms with Crippen molar-refractivity contribution in [3.63, 3.8) is 0 Å². The van der Waals surface area contributed by atoms with E-state index in [2.05, 4.69) is 21.9 Å². The lowest BCUT2D eigenvalue weighted by Crippen LogP contribution is -2.25. The standard InChI is InChI=1S/C12H18N4S/c1-7(8-3-2-4-8)16-11(9-5-6-9)10(12(13)17)14-15-16/h7-9H,2-6H2,1H3,(H2,13,17). The lowest BCUT2D eigenvalue weighted by Gasteiger charge is -2.32. The summed E-state index contributed by atoms with van der Waals surface area (Å²) in [5.74, 6) is 1.34. The van der Waals surface area contributed by atoms with Crippen molar-refractivity contribution in [3.8, 4) is 0 Å². The van der Waals surface area contributed by atoms with Gasteiger partial charge >= 0.3 is 0 Å². The highest BCUT2D eigenvalue weighted by Crippen LogP contribution is 2.44. The Balaban J connectivity index is 1.95. The summed E-state index contributed by atoms with van der Waals surface area (Å²) in [5.41, 5.74) is 7.68. The van der Waals surface area contributed by atoms with E-state index in [4.69, 9.17) is 18.0 Å². The van der Waals surface area contributed by atoms with E-state index in [1.807, 2.05) is 0 Å². The Bertz CT molecular complexity index is 445. The van der Waals surface area contributed by atoms with Gasteiger partial charge in [0.05, 0.1) is 11.7 Å². The van der Waals surface area contributed by atoms with Crippen LogP contribution >= 0.6 is 12.2 Å². The van der Waals surface area contributed by atoms with Crippen LogP contribution in [0.3, 0.4) is 0 Å². The van der Waals surface area contributed by atoms with Gasteiger partial charge in [-0.1, -0.05) is 23.9 Å². The van der Waals surface area contributed by atoms with Crippen molar-refractivity contribution >= 4 is 17.2 Å². The van der Waals surface area contributed by atoms with Crippen LogP contribution < -0.4 is 5.73 Å². The van der Waals surface area contributed by atoms with Gasteiger partial charge in [-0.25, -0.2) is 4.68 Å². The number of rotatable bonds is 4. The van der Waals surface area contributed by atoms with Crippen molar-refractivity contribution in [2.24, 2.45) is 11.7 Å². The Morgan fingerprint density at radius 3 is 2.59 bits per heavy atom. The number of nitrogens with two attached hydrogens (primary N) is 1. The molecule has 0 amide bonds. The molecule has 2 saturated carbocycles. The van der Waals surface area contributed by atoms with Crippen molar-refractivity contribution in [2.45, 2.75) is 51.0 Å². The van der Waals surface area contributed by atoms with Gasteiger partial charge in [-0.05, 0) is 38.5 Å². The van der Waals surface area contributed by atoms with E-state index in [1.54, 1.807) is 0 Å². The number of aromatic nitrogens is 3. The largest absolute Gasteiger partial charge is 0.388 e. The van der Waals surface area contributed by atoms with Gasteiger partial charge in [-0.3, -0.25) is 0 Å². The van der Waals surface area contributed by atoms with Crippen LogP contribution in [0.4, 0.5) is 0 Å². The molecule has 1 heterocycles. The monoisotopic (exact) mass is 250 g/mol. The number of hydrogen-bond acceptors (Lipinski definition) is 3. The second kappa shape index (κ2) is 4.05. The van der Waals surface area contributed by atoms with E-state index in [0.29, 0.717) is 16.9 Å². The highest BCUT2D eigenvalue weighted by atomic mass is 32.1. The molecule has 0 aromatic carbocycles. The van der Waals surface area contributed by atoms with Crippen molar-refractivity contribution < 1.29 is 0 Å². The maximum atomic E-state index is 5.73. The second-order valence-electron chi connectivity index (χ2n) is 5.34. The number of thiocarbonyl (C=S) groups is 1. The van der Waals surface area contributed by atoms with E-state index in [1.165, 1.54) is 37.8 Å². The predicted octanol–water partition coefficient (Wildman–Crippen LogP) is 2.15. The van der Waals surface area contributed by atoms with E-state index in [-0.39, 0.29) is 0 Å². The molecular formula is C12H18N4S. The third-order valence-corrected chi connectivity index (χ3v) is 4.34.